The topological polar surface area (TPSA) is 54.5 Å². The smallest absolute Gasteiger partial charge is 0.228 e. The average Bonchev–Trinajstić information content (AvgIpc) is 2.69. The number of ketones is 1. The third-order valence-electron chi connectivity index (χ3n) is 3.05. The molecule has 20 heavy (non-hydrogen) atoms. The molecule has 0 bridgehead atoms. The molecule has 0 saturated carbocycles. The van der Waals surface area contributed by atoms with E-state index in [2.05, 4.69) is 0 Å². The highest BCUT2D eigenvalue weighted by atomic mass is 32.2. The highest BCUT2D eigenvalue weighted by Gasteiger charge is 2.33. The van der Waals surface area contributed by atoms with Gasteiger partial charge in [-0.3, -0.25) is 14.4 Å². The van der Waals surface area contributed by atoms with Gasteiger partial charge in [-0.15, -0.1) is 0 Å². The fraction of sp³-hybridized carbons (Fsp3) is 0.357. The lowest BCUT2D eigenvalue weighted by Gasteiger charge is -2.19. The minimum Gasteiger partial charge on any atom is -0.311 e. The quantitative estimate of drug-likeness (QED) is 0.804. The van der Waals surface area contributed by atoms with Gasteiger partial charge in [-0.2, -0.15) is 0 Å². The van der Waals surface area contributed by atoms with Gasteiger partial charge < -0.3 is 4.90 Å². The van der Waals surface area contributed by atoms with Crippen molar-refractivity contribution in [3.63, 3.8) is 0 Å². The molecular weight excluding hydrogens is 281 g/mol. The Balaban J connectivity index is 2.30. The summed E-state index contributed by atoms with van der Waals surface area (Å²) in [7, 11) is 0. The fourth-order valence-corrected chi connectivity index (χ4v) is 3.17. The molecular formula is C14H14FNO3S. The zero-order chi connectivity index (χ0) is 14.9. The van der Waals surface area contributed by atoms with Gasteiger partial charge in [-0.05, 0) is 25.1 Å². The van der Waals surface area contributed by atoms with Crippen molar-refractivity contribution < 1.29 is 18.8 Å². The molecule has 6 heteroatoms. The minimum atomic E-state index is -0.514. The van der Waals surface area contributed by atoms with Gasteiger partial charge in [0, 0.05) is 30.7 Å². The van der Waals surface area contributed by atoms with Gasteiger partial charge in [0.05, 0.1) is 5.69 Å². The van der Waals surface area contributed by atoms with E-state index in [1.165, 1.54) is 30.9 Å². The summed E-state index contributed by atoms with van der Waals surface area (Å²) in [4.78, 5) is 36.2. The highest BCUT2D eigenvalue weighted by Crippen LogP contribution is 2.31. The maximum absolute atomic E-state index is 13.2. The van der Waals surface area contributed by atoms with Gasteiger partial charge in [0.1, 0.15) is 5.82 Å². The van der Waals surface area contributed by atoms with Crippen molar-refractivity contribution >= 4 is 34.3 Å². The number of amides is 1. The Labute approximate surface area is 120 Å². The first-order chi connectivity index (χ1) is 9.38. The number of carbonyl (C=O) groups excluding carboxylic acids is 3. The Morgan fingerprint density at radius 1 is 1.35 bits per heavy atom. The van der Waals surface area contributed by atoms with Crippen LogP contribution in [0.3, 0.4) is 0 Å². The molecule has 1 atom stereocenters. The Kier molecular flexibility index (Phi) is 4.23. The molecule has 1 aliphatic heterocycles. The average molecular weight is 295 g/mol. The first kappa shape index (κ1) is 14.7. The monoisotopic (exact) mass is 295 g/mol. The maximum atomic E-state index is 13.2. The Hall–Kier alpha value is -1.69. The molecule has 1 heterocycles. The van der Waals surface area contributed by atoms with Crippen LogP contribution in [0.25, 0.3) is 0 Å². The number of thioether (sulfide) groups is 1. The van der Waals surface area contributed by atoms with Crippen molar-refractivity contribution in [2.24, 2.45) is 0 Å². The van der Waals surface area contributed by atoms with Crippen LogP contribution in [0, 0.1) is 5.82 Å². The van der Waals surface area contributed by atoms with Crippen molar-refractivity contribution in [2.75, 3.05) is 11.4 Å². The summed E-state index contributed by atoms with van der Waals surface area (Å²) < 4.78 is 13.2. The molecule has 1 unspecified atom stereocenters. The number of carbonyl (C=O) groups is 3. The van der Waals surface area contributed by atoms with Gasteiger partial charge in [0.25, 0.3) is 0 Å². The predicted octanol–water partition coefficient (Wildman–Crippen LogP) is 2.41. The van der Waals surface area contributed by atoms with E-state index in [0.29, 0.717) is 12.2 Å². The molecule has 1 aromatic rings. The van der Waals surface area contributed by atoms with E-state index in [1.54, 1.807) is 0 Å². The van der Waals surface area contributed by atoms with E-state index in [0.717, 1.165) is 17.8 Å². The van der Waals surface area contributed by atoms with E-state index in [1.807, 2.05) is 0 Å². The molecule has 1 aliphatic rings. The highest BCUT2D eigenvalue weighted by molar-refractivity contribution is 8.14. The zero-order valence-electron chi connectivity index (χ0n) is 11.2. The van der Waals surface area contributed by atoms with Gasteiger partial charge in [0.2, 0.25) is 5.91 Å². The van der Waals surface area contributed by atoms with Crippen molar-refractivity contribution in [1.82, 2.24) is 0 Å². The molecule has 0 aliphatic carbocycles. The summed E-state index contributed by atoms with van der Waals surface area (Å²) in [5.74, 6) is -0.965. The third kappa shape index (κ3) is 3.07. The van der Waals surface area contributed by atoms with Crippen LogP contribution in [-0.2, 0) is 9.59 Å². The van der Waals surface area contributed by atoms with Crippen LogP contribution < -0.4 is 4.90 Å². The number of halogens is 1. The fourth-order valence-electron chi connectivity index (χ4n) is 2.25. The second-order valence-electron chi connectivity index (χ2n) is 4.66. The Bertz CT molecular complexity index is 588. The van der Waals surface area contributed by atoms with Crippen LogP contribution in [0.2, 0.25) is 0 Å². The lowest BCUT2D eigenvalue weighted by atomic mass is 10.1. The van der Waals surface area contributed by atoms with Crippen LogP contribution in [0.5, 0.6) is 0 Å². The summed E-state index contributed by atoms with van der Waals surface area (Å²) in [5.41, 5.74) is 0.599. The SMILES string of the molecule is CC(=O)SC1CC(=O)N(c2ccc(F)cc2C(C)=O)C1. The Morgan fingerprint density at radius 2 is 2.05 bits per heavy atom. The van der Waals surface area contributed by atoms with Crippen molar-refractivity contribution in [3.05, 3.63) is 29.6 Å². The first-order valence-electron chi connectivity index (χ1n) is 6.16. The molecule has 1 saturated heterocycles. The van der Waals surface area contributed by atoms with E-state index in [9.17, 15) is 18.8 Å². The summed E-state index contributed by atoms with van der Waals surface area (Å²) in [6.45, 7) is 3.15. The predicted molar refractivity (Wildman–Crippen MR) is 75.4 cm³/mol. The summed E-state index contributed by atoms with van der Waals surface area (Å²) in [6, 6.07) is 3.79. The second kappa shape index (κ2) is 5.75. The number of nitrogens with zero attached hydrogens (tertiary/aromatic N) is 1. The van der Waals surface area contributed by atoms with Crippen LogP contribution in [0.4, 0.5) is 10.1 Å². The Morgan fingerprint density at radius 3 is 2.65 bits per heavy atom. The molecule has 1 aromatic carbocycles. The second-order valence-corrected chi connectivity index (χ2v) is 6.13. The molecule has 2 rings (SSSR count). The van der Waals surface area contributed by atoms with Gasteiger partial charge >= 0.3 is 0 Å². The number of rotatable bonds is 3. The lowest BCUT2D eigenvalue weighted by Crippen LogP contribution is -2.26. The van der Waals surface area contributed by atoms with E-state index in [4.69, 9.17) is 0 Å². The summed E-state index contributed by atoms with van der Waals surface area (Å²) in [6.07, 6.45) is 0.249. The molecule has 106 valence electrons. The van der Waals surface area contributed by atoms with E-state index in [-0.39, 0.29) is 34.0 Å². The van der Waals surface area contributed by atoms with Gasteiger partial charge in [-0.1, -0.05) is 11.8 Å². The van der Waals surface area contributed by atoms with Crippen LogP contribution >= 0.6 is 11.8 Å². The molecule has 0 aromatic heterocycles. The van der Waals surface area contributed by atoms with E-state index < -0.39 is 5.82 Å². The van der Waals surface area contributed by atoms with Crippen LogP contribution in [-0.4, -0.2) is 28.6 Å². The lowest BCUT2D eigenvalue weighted by molar-refractivity contribution is -0.117. The first-order valence-corrected chi connectivity index (χ1v) is 7.04. The number of anilines is 1. The van der Waals surface area contributed by atoms with Crippen LogP contribution in [0.15, 0.2) is 18.2 Å². The summed E-state index contributed by atoms with van der Waals surface area (Å²) >= 11 is 1.12. The normalized spacial score (nSPS) is 18.4. The zero-order valence-corrected chi connectivity index (χ0v) is 12.0. The molecule has 0 spiro atoms. The largest absolute Gasteiger partial charge is 0.311 e. The molecule has 0 radical (unpaired) electrons. The van der Waals surface area contributed by atoms with Crippen molar-refractivity contribution in [3.8, 4) is 0 Å². The third-order valence-corrected chi connectivity index (χ3v) is 4.03. The van der Waals surface area contributed by atoms with E-state index >= 15 is 0 Å². The van der Waals surface area contributed by atoms with Crippen molar-refractivity contribution in [1.29, 1.82) is 0 Å². The maximum Gasteiger partial charge on any atom is 0.228 e. The minimum absolute atomic E-state index is 0.0458. The van der Waals surface area contributed by atoms with Gasteiger partial charge in [-0.25, -0.2) is 4.39 Å². The number of benzene rings is 1. The van der Waals surface area contributed by atoms with Crippen LogP contribution in [0.1, 0.15) is 30.6 Å². The molecule has 4 nitrogen and oxygen atoms in total. The van der Waals surface area contributed by atoms with Gasteiger partial charge in [0.15, 0.2) is 10.9 Å². The molecule has 0 N–H and O–H groups in total. The molecule has 1 amide bonds. The summed E-state index contributed by atoms with van der Waals surface area (Å²) in [5, 5.41) is -0.166. The standard InChI is InChI=1S/C14H14FNO3S/c1-8(17)12-5-10(15)3-4-13(12)16-7-11(6-14(16)19)20-9(2)18/h3-5,11H,6-7H2,1-2H3. The molecule has 1 fully saturated rings. The number of Topliss-reactive ketones (excluding diaryl/α,β-unsaturated/α-hetero) is 1. The van der Waals surface area contributed by atoms with Crippen molar-refractivity contribution in [2.45, 2.75) is 25.5 Å². The number of hydrogen-bond acceptors (Lipinski definition) is 4. The number of hydrogen-bond donors (Lipinski definition) is 0.